The minimum atomic E-state index is -3.62. The number of halogens is 1. The maximum absolute atomic E-state index is 13.2. The van der Waals surface area contributed by atoms with E-state index in [0.717, 1.165) is 4.31 Å². The van der Waals surface area contributed by atoms with Gasteiger partial charge in [0.1, 0.15) is 5.82 Å². The predicted octanol–water partition coefficient (Wildman–Crippen LogP) is 1.29. The molecule has 0 atom stereocenters. The molecule has 1 heterocycles. The molecule has 0 saturated heterocycles. The van der Waals surface area contributed by atoms with Gasteiger partial charge in [-0.15, -0.1) is 0 Å². The lowest BCUT2D eigenvalue weighted by Gasteiger charge is -2.13. The largest absolute Gasteiger partial charge is 0.310 e. The molecule has 0 bridgehead atoms. The lowest BCUT2D eigenvalue weighted by molar-refractivity contribution is 0.519. The molecule has 1 aromatic carbocycles. The second-order valence-electron chi connectivity index (χ2n) is 4.75. The van der Waals surface area contributed by atoms with E-state index in [1.165, 1.54) is 55.2 Å². The molecule has 0 aliphatic heterocycles. The Morgan fingerprint density at radius 1 is 1.19 bits per heavy atom. The van der Waals surface area contributed by atoms with E-state index in [4.69, 9.17) is 0 Å². The van der Waals surface area contributed by atoms with Crippen LogP contribution in [0.2, 0.25) is 0 Å². The Bertz CT molecular complexity index is 813. The highest BCUT2D eigenvalue weighted by atomic mass is 32.2. The topological polar surface area (TPSA) is 59.4 Å². The highest BCUT2D eigenvalue weighted by molar-refractivity contribution is 7.89. The molecule has 112 valence electrons. The number of sulfonamides is 1. The lowest BCUT2D eigenvalue weighted by atomic mass is 10.2. The monoisotopic (exact) mass is 310 g/mol. The van der Waals surface area contributed by atoms with Gasteiger partial charge in [-0.2, -0.15) is 0 Å². The fourth-order valence-corrected chi connectivity index (χ4v) is 2.75. The highest BCUT2D eigenvalue weighted by Crippen LogP contribution is 2.12. The summed E-state index contributed by atoms with van der Waals surface area (Å²) in [6.07, 6.45) is 1.27. The van der Waals surface area contributed by atoms with Crippen LogP contribution in [0.1, 0.15) is 5.56 Å². The van der Waals surface area contributed by atoms with Crippen LogP contribution in [0, 0.1) is 5.82 Å². The van der Waals surface area contributed by atoms with Crippen LogP contribution in [0.3, 0.4) is 0 Å². The standard InChI is InChI=1S/C14H15FN2O3S/c1-16(2)21(19,20)13-6-7-14(18)17(10-13)9-11-4-3-5-12(15)8-11/h3-8,10H,9H2,1-2H3. The summed E-state index contributed by atoms with van der Waals surface area (Å²) in [4.78, 5) is 11.8. The van der Waals surface area contributed by atoms with E-state index in [1.54, 1.807) is 6.07 Å². The van der Waals surface area contributed by atoms with Crippen molar-refractivity contribution in [3.05, 3.63) is 64.3 Å². The summed E-state index contributed by atoms with van der Waals surface area (Å²) in [5, 5.41) is 0. The third kappa shape index (κ3) is 3.37. The number of hydrogen-bond donors (Lipinski definition) is 0. The fraction of sp³-hybridized carbons (Fsp3) is 0.214. The summed E-state index contributed by atoms with van der Waals surface area (Å²) in [5.41, 5.74) is 0.230. The molecule has 0 radical (unpaired) electrons. The van der Waals surface area contributed by atoms with Crippen LogP contribution >= 0.6 is 0 Å². The summed E-state index contributed by atoms with van der Waals surface area (Å²) in [6.45, 7) is 0.105. The molecule has 0 amide bonds. The van der Waals surface area contributed by atoms with Crippen LogP contribution in [0.25, 0.3) is 0 Å². The van der Waals surface area contributed by atoms with Gasteiger partial charge in [0.25, 0.3) is 5.56 Å². The van der Waals surface area contributed by atoms with E-state index >= 15 is 0 Å². The zero-order valence-corrected chi connectivity index (χ0v) is 12.5. The maximum atomic E-state index is 13.2. The van der Waals surface area contributed by atoms with E-state index in [0.29, 0.717) is 5.56 Å². The summed E-state index contributed by atoms with van der Waals surface area (Å²) < 4.78 is 39.6. The minimum absolute atomic E-state index is 0.0171. The molecular formula is C14H15FN2O3S. The Hall–Kier alpha value is -1.99. The van der Waals surface area contributed by atoms with E-state index in [1.807, 2.05) is 0 Å². The Morgan fingerprint density at radius 3 is 2.52 bits per heavy atom. The van der Waals surface area contributed by atoms with Gasteiger partial charge in [-0.1, -0.05) is 12.1 Å². The van der Waals surface area contributed by atoms with Crippen molar-refractivity contribution in [3.8, 4) is 0 Å². The van der Waals surface area contributed by atoms with Gasteiger partial charge in [-0.3, -0.25) is 4.79 Å². The minimum Gasteiger partial charge on any atom is -0.310 e. The van der Waals surface area contributed by atoms with E-state index in [-0.39, 0.29) is 17.0 Å². The Kier molecular flexibility index (Phi) is 4.24. The number of nitrogens with zero attached hydrogens (tertiary/aromatic N) is 2. The van der Waals surface area contributed by atoms with Crippen molar-refractivity contribution in [1.82, 2.24) is 8.87 Å². The average molecular weight is 310 g/mol. The predicted molar refractivity (Wildman–Crippen MR) is 77.1 cm³/mol. The van der Waals surface area contributed by atoms with Crippen molar-refractivity contribution in [2.45, 2.75) is 11.4 Å². The SMILES string of the molecule is CN(C)S(=O)(=O)c1ccc(=O)n(Cc2cccc(F)c2)c1. The van der Waals surface area contributed by atoms with Crippen LogP contribution < -0.4 is 5.56 Å². The number of benzene rings is 1. The summed E-state index contributed by atoms with van der Waals surface area (Å²) in [6, 6.07) is 8.27. The van der Waals surface area contributed by atoms with Crippen molar-refractivity contribution in [2.24, 2.45) is 0 Å². The molecule has 0 aliphatic rings. The Balaban J connectivity index is 2.44. The van der Waals surface area contributed by atoms with Crippen LogP contribution in [-0.2, 0) is 16.6 Å². The van der Waals surface area contributed by atoms with Gasteiger partial charge in [-0.25, -0.2) is 17.1 Å². The third-order valence-electron chi connectivity index (χ3n) is 2.98. The quantitative estimate of drug-likeness (QED) is 0.855. The molecule has 2 aromatic rings. The smallest absolute Gasteiger partial charge is 0.250 e. The van der Waals surface area contributed by atoms with Crippen molar-refractivity contribution < 1.29 is 12.8 Å². The van der Waals surface area contributed by atoms with Crippen molar-refractivity contribution in [2.75, 3.05) is 14.1 Å². The van der Waals surface area contributed by atoms with Crippen LogP contribution in [0.4, 0.5) is 4.39 Å². The molecule has 0 saturated carbocycles. The molecule has 2 rings (SSSR count). The summed E-state index contributed by atoms with van der Waals surface area (Å²) in [5.74, 6) is -0.405. The average Bonchev–Trinajstić information content (AvgIpc) is 2.41. The first-order chi connectivity index (χ1) is 9.80. The summed E-state index contributed by atoms with van der Waals surface area (Å²) in [7, 11) is -0.789. The molecule has 0 unspecified atom stereocenters. The molecule has 0 spiro atoms. The second kappa shape index (κ2) is 5.79. The van der Waals surface area contributed by atoms with Gasteiger partial charge in [-0.05, 0) is 23.8 Å². The number of hydrogen-bond acceptors (Lipinski definition) is 3. The van der Waals surface area contributed by atoms with Gasteiger partial charge in [0.05, 0.1) is 11.4 Å². The van der Waals surface area contributed by atoms with Crippen molar-refractivity contribution in [3.63, 3.8) is 0 Å². The number of rotatable bonds is 4. The third-order valence-corrected chi connectivity index (χ3v) is 4.78. The van der Waals surface area contributed by atoms with Crippen LogP contribution in [0.5, 0.6) is 0 Å². The van der Waals surface area contributed by atoms with Gasteiger partial charge in [0.2, 0.25) is 10.0 Å². The first kappa shape index (κ1) is 15.4. The molecule has 21 heavy (non-hydrogen) atoms. The number of aromatic nitrogens is 1. The number of pyridine rings is 1. The normalized spacial score (nSPS) is 11.8. The van der Waals surface area contributed by atoms with E-state index in [2.05, 4.69) is 0 Å². The van der Waals surface area contributed by atoms with Gasteiger partial charge < -0.3 is 4.57 Å². The first-order valence-corrected chi connectivity index (χ1v) is 7.62. The molecule has 7 heteroatoms. The fourth-order valence-electron chi connectivity index (χ4n) is 1.83. The molecule has 0 N–H and O–H groups in total. The van der Waals surface area contributed by atoms with E-state index < -0.39 is 15.8 Å². The molecule has 0 aliphatic carbocycles. The lowest BCUT2D eigenvalue weighted by Crippen LogP contribution is -2.26. The second-order valence-corrected chi connectivity index (χ2v) is 6.90. The molecule has 1 aromatic heterocycles. The first-order valence-electron chi connectivity index (χ1n) is 6.18. The van der Waals surface area contributed by atoms with Crippen molar-refractivity contribution >= 4 is 10.0 Å². The molecular weight excluding hydrogens is 295 g/mol. The van der Waals surface area contributed by atoms with Crippen LogP contribution in [-0.4, -0.2) is 31.4 Å². The van der Waals surface area contributed by atoms with E-state index in [9.17, 15) is 17.6 Å². The Labute approximate surface area is 122 Å². The van der Waals surface area contributed by atoms with Crippen molar-refractivity contribution in [1.29, 1.82) is 0 Å². The van der Waals surface area contributed by atoms with Gasteiger partial charge in [0, 0.05) is 26.4 Å². The van der Waals surface area contributed by atoms with Gasteiger partial charge >= 0.3 is 0 Å². The zero-order chi connectivity index (χ0) is 15.6. The molecule has 5 nitrogen and oxygen atoms in total. The highest BCUT2D eigenvalue weighted by Gasteiger charge is 2.18. The summed E-state index contributed by atoms with van der Waals surface area (Å²) >= 11 is 0. The van der Waals surface area contributed by atoms with Gasteiger partial charge in [0.15, 0.2) is 0 Å². The molecule has 0 fully saturated rings. The zero-order valence-electron chi connectivity index (χ0n) is 11.7. The Morgan fingerprint density at radius 2 is 1.90 bits per heavy atom. The maximum Gasteiger partial charge on any atom is 0.250 e. The van der Waals surface area contributed by atoms with Crippen LogP contribution in [0.15, 0.2) is 52.3 Å².